The Morgan fingerprint density at radius 1 is 1.13 bits per heavy atom. The summed E-state index contributed by atoms with van der Waals surface area (Å²) in [7, 11) is 1.65. The Balaban J connectivity index is 1.23. The van der Waals surface area contributed by atoms with Gasteiger partial charge in [-0.2, -0.15) is 0 Å². The predicted octanol–water partition coefficient (Wildman–Crippen LogP) is 3.93. The Kier molecular flexibility index (Phi) is 6.04. The molecular weight excluding hydrogens is 386 g/mol. The van der Waals surface area contributed by atoms with E-state index in [4.69, 9.17) is 4.74 Å². The molecule has 0 unspecified atom stereocenters. The summed E-state index contributed by atoms with van der Waals surface area (Å²) < 4.78 is 32.7. The van der Waals surface area contributed by atoms with Crippen LogP contribution < -0.4 is 10.1 Å². The first kappa shape index (κ1) is 20.8. The van der Waals surface area contributed by atoms with Gasteiger partial charge in [0.25, 0.3) is 0 Å². The van der Waals surface area contributed by atoms with Gasteiger partial charge in [0, 0.05) is 24.6 Å². The minimum absolute atomic E-state index is 0.0724. The van der Waals surface area contributed by atoms with Crippen molar-refractivity contribution in [2.75, 3.05) is 26.7 Å². The predicted molar refractivity (Wildman–Crippen MR) is 111 cm³/mol. The van der Waals surface area contributed by atoms with Crippen LogP contribution in [0, 0.1) is 23.0 Å². The third-order valence-corrected chi connectivity index (χ3v) is 6.67. The van der Waals surface area contributed by atoms with Gasteiger partial charge in [-0.25, -0.2) is 8.78 Å². The van der Waals surface area contributed by atoms with Gasteiger partial charge in [-0.05, 0) is 61.9 Å². The van der Waals surface area contributed by atoms with Gasteiger partial charge in [-0.15, -0.1) is 0 Å². The molecule has 0 radical (unpaired) electrons. The molecule has 30 heavy (non-hydrogen) atoms. The molecule has 6 heteroatoms. The number of nitrogens with one attached hydrogen (secondary N) is 1. The van der Waals surface area contributed by atoms with Crippen molar-refractivity contribution in [3.63, 3.8) is 0 Å². The summed E-state index contributed by atoms with van der Waals surface area (Å²) in [5.74, 6) is -0.501. The fourth-order valence-corrected chi connectivity index (χ4v) is 4.69. The lowest BCUT2D eigenvalue weighted by Gasteiger charge is -2.32. The van der Waals surface area contributed by atoms with Crippen molar-refractivity contribution in [2.24, 2.45) is 11.3 Å². The molecule has 4 nitrogen and oxygen atoms in total. The lowest BCUT2D eigenvalue weighted by atomic mass is 9.90. The summed E-state index contributed by atoms with van der Waals surface area (Å²) in [5.41, 5.74) is 1.57. The number of para-hydroxylation sites is 1. The highest BCUT2D eigenvalue weighted by molar-refractivity contribution is 5.82. The van der Waals surface area contributed by atoms with Crippen LogP contribution >= 0.6 is 0 Å². The Morgan fingerprint density at radius 3 is 2.63 bits per heavy atom. The van der Waals surface area contributed by atoms with E-state index in [0.29, 0.717) is 18.7 Å². The zero-order chi connectivity index (χ0) is 21.1. The molecule has 1 saturated heterocycles. The molecule has 0 aromatic heterocycles. The van der Waals surface area contributed by atoms with Crippen molar-refractivity contribution in [3.05, 3.63) is 65.2 Å². The topological polar surface area (TPSA) is 41.6 Å². The molecule has 1 amide bonds. The number of benzene rings is 2. The van der Waals surface area contributed by atoms with E-state index in [2.05, 4.69) is 10.2 Å². The van der Waals surface area contributed by atoms with Gasteiger partial charge in [0.2, 0.25) is 5.91 Å². The van der Waals surface area contributed by atoms with Crippen molar-refractivity contribution in [1.82, 2.24) is 10.2 Å². The number of methoxy groups -OCH3 is 1. The van der Waals surface area contributed by atoms with Crippen molar-refractivity contribution in [3.8, 4) is 5.75 Å². The minimum atomic E-state index is -0.798. The number of nitrogens with zero attached hydrogens (tertiary/aromatic N) is 1. The Morgan fingerprint density at radius 2 is 1.87 bits per heavy atom. The fraction of sp³-hybridized carbons (Fsp3) is 0.458. The van der Waals surface area contributed by atoms with Crippen LogP contribution in [-0.2, 0) is 17.8 Å². The summed E-state index contributed by atoms with van der Waals surface area (Å²) in [6, 6.07) is 12.2. The minimum Gasteiger partial charge on any atom is -0.496 e. The lowest BCUT2D eigenvalue weighted by molar-refractivity contribution is -0.123. The average molecular weight is 414 g/mol. The van der Waals surface area contributed by atoms with E-state index in [-0.39, 0.29) is 17.2 Å². The third kappa shape index (κ3) is 4.33. The second-order valence-electron chi connectivity index (χ2n) is 8.46. The number of likely N-dealkylation sites (tertiary alicyclic amines) is 1. The molecule has 2 aromatic rings. The van der Waals surface area contributed by atoms with Crippen molar-refractivity contribution < 1.29 is 18.3 Å². The quantitative estimate of drug-likeness (QED) is 0.746. The average Bonchev–Trinajstić information content (AvgIpc) is 3.47. The number of hydrogen-bond donors (Lipinski definition) is 1. The maximum atomic E-state index is 13.9. The van der Waals surface area contributed by atoms with E-state index in [1.54, 1.807) is 19.2 Å². The van der Waals surface area contributed by atoms with Gasteiger partial charge in [-0.3, -0.25) is 9.69 Å². The normalized spacial score (nSPS) is 20.2. The van der Waals surface area contributed by atoms with E-state index < -0.39 is 11.6 Å². The smallest absolute Gasteiger partial charge is 0.223 e. The molecule has 1 saturated carbocycles. The van der Waals surface area contributed by atoms with Gasteiger partial charge in [0.15, 0.2) is 11.6 Å². The molecule has 2 aliphatic rings. The zero-order valence-corrected chi connectivity index (χ0v) is 17.3. The molecule has 1 N–H and O–H groups in total. The highest BCUT2D eigenvalue weighted by Gasteiger charge is 2.58. The van der Waals surface area contributed by atoms with E-state index >= 15 is 0 Å². The summed E-state index contributed by atoms with van der Waals surface area (Å²) in [6.07, 6.45) is 3.52. The van der Waals surface area contributed by atoms with Crippen LogP contribution in [0.1, 0.15) is 30.4 Å². The number of amides is 1. The molecule has 4 rings (SSSR count). The molecule has 1 spiro atoms. The second-order valence-corrected chi connectivity index (χ2v) is 8.46. The second kappa shape index (κ2) is 8.72. The summed E-state index contributed by atoms with van der Waals surface area (Å²) in [6.45, 7) is 2.62. The van der Waals surface area contributed by atoms with Crippen LogP contribution in [0.2, 0.25) is 0 Å². The number of rotatable bonds is 7. The molecule has 0 bridgehead atoms. The maximum absolute atomic E-state index is 13.9. The number of hydrogen-bond acceptors (Lipinski definition) is 3. The largest absolute Gasteiger partial charge is 0.496 e. The van der Waals surface area contributed by atoms with Gasteiger partial charge in [0.1, 0.15) is 5.75 Å². The van der Waals surface area contributed by atoms with E-state index in [0.717, 1.165) is 56.2 Å². The van der Waals surface area contributed by atoms with E-state index in [1.165, 1.54) is 0 Å². The van der Waals surface area contributed by atoms with Gasteiger partial charge in [0.05, 0.1) is 7.11 Å². The molecular formula is C24H28F2N2O2. The molecule has 1 aliphatic carbocycles. The highest BCUT2D eigenvalue weighted by Crippen LogP contribution is 2.59. The van der Waals surface area contributed by atoms with Gasteiger partial charge >= 0.3 is 0 Å². The molecule has 2 fully saturated rings. The van der Waals surface area contributed by atoms with Crippen LogP contribution in [0.3, 0.4) is 0 Å². The number of halogens is 2. The first-order valence-electron chi connectivity index (χ1n) is 10.6. The summed E-state index contributed by atoms with van der Waals surface area (Å²) in [4.78, 5) is 14.8. The molecule has 160 valence electrons. The fourth-order valence-electron chi connectivity index (χ4n) is 4.69. The van der Waals surface area contributed by atoms with E-state index in [9.17, 15) is 13.6 Å². The zero-order valence-electron chi connectivity index (χ0n) is 17.3. The van der Waals surface area contributed by atoms with Crippen molar-refractivity contribution >= 4 is 5.91 Å². The molecule has 1 heterocycles. The van der Waals surface area contributed by atoms with Crippen LogP contribution in [-0.4, -0.2) is 37.6 Å². The Labute approximate surface area is 176 Å². The first-order valence-corrected chi connectivity index (χ1v) is 10.6. The summed E-state index contributed by atoms with van der Waals surface area (Å²) in [5, 5.41) is 3.08. The SMILES string of the molecule is COc1ccccc1CCNC(=O)[C@H]1CC12CCN(Cc1cccc(F)c1F)CC2. The molecule has 2 aromatic carbocycles. The number of ether oxygens (including phenoxy) is 1. The number of carbonyl (C=O) groups is 1. The standard InChI is InChI=1S/C24H28F2N2O2/c1-30-21-8-3-2-5-17(21)9-12-27-23(29)19-15-24(19)10-13-28(14-11-24)16-18-6-4-7-20(25)22(18)26/h2-8,19H,9-16H2,1H3,(H,27,29)/t19-/m1/s1. The van der Waals surface area contributed by atoms with Crippen molar-refractivity contribution in [2.45, 2.75) is 32.2 Å². The Hall–Kier alpha value is -2.47. The van der Waals surface area contributed by atoms with Crippen molar-refractivity contribution in [1.29, 1.82) is 0 Å². The number of carbonyl (C=O) groups excluding carboxylic acids is 1. The number of piperidine rings is 1. The summed E-state index contributed by atoms with van der Waals surface area (Å²) >= 11 is 0. The van der Waals surface area contributed by atoms with Crippen LogP contribution in [0.25, 0.3) is 0 Å². The monoisotopic (exact) mass is 414 g/mol. The Bertz CT molecular complexity index is 910. The lowest BCUT2D eigenvalue weighted by Crippen LogP contribution is -2.37. The van der Waals surface area contributed by atoms with Crippen LogP contribution in [0.5, 0.6) is 5.75 Å². The maximum Gasteiger partial charge on any atom is 0.223 e. The molecule has 1 aliphatic heterocycles. The highest BCUT2D eigenvalue weighted by atomic mass is 19.2. The van der Waals surface area contributed by atoms with E-state index in [1.807, 2.05) is 24.3 Å². The molecule has 1 atom stereocenters. The van der Waals surface area contributed by atoms with Crippen LogP contribution in [0.15, 0.2) is 42.5 Å². The third-order valence-electron chi connectivity index (χ3n) is 6.67. The van der Waals surface area contributed by atoms with Crippen LogP contribution in [0.4, 0.5) is 8.78 Å². The van der Waals surface area contributed by atoms with Gasteiger partial charge < -0.3 is 10.1 Å². The van der Waals surface area contributed by atoms with Gasteiger partial charge in [-0.1, -0.05) is 30.3 Å². The first-order chi connectivity index (χ1) is 14.5.